The number of benzene rings is 3. The number of nitrogens with one attached hydrogen (secondary N) is 2. The second kappa shape index (κ2) is 8.78. The second-order valence-corrected chi connectivity index (χ2v) is 6.70. The Morgan fingerprint density at radius 3 is 2.61 bits per heavy atom. The fourth-order valence-electron chi connectivity index (χ4n) is 2.77. The van der Waals surface area contributed by atoms with E-state index in [-0.39, 0.29) is 5.91 Å². The number of halogens is 1. The first kappa shape index (κ1) is 19.7. The number of methoxy groups -OCH3 is 1. The van der Waals surface area contributed by atoms with Gasteiger partial charge in [0.15, 0.2) is 6.23 Å². The van der Waals surface area contributed by atoms with E-state index in [4.69, 9.17) is 16.3 Å². The average molecular weight is 397 g/mol. The largest absolute Gasteiger partial charge is 0.495 e. The number of para-hydroxylation sites is 2. The van der Waals surface area contributed by atoms with Gasteiger partial charge in [-0.25, -0.2) is 0 Å². The van der Waals surface area contributed by atoms with E-state index in [2.05, 4.69) is 10.6 Å². The maximum Gasteiger partial charge on any atom is 0.255 e. The van der Waals surface area contributed by atoms with Crippen molar-refractivity contribution >= 4 is 28.9 Å². The van der Waals surface area contributed by atoms with Crippen LogP contribution in [0.2, 0.25) is 5.02 Å². The van der Waals surface area contributed by atoms with Gasteiger partial charge in [-0.1, -0.05) is 35.9 Å². The minimum absolute atomic E-state index is 0.270. The summed E-state index contributed by atoms with van der Waals surface area (Å²) < 4.78 is 5.28. The number of carbonyl (C=O) groups excluding carboxylic acids is 1. The summed E-state index contributed by atoms with van der Waals surface area (Å²) in [5, 5.41) is 17.0. The molecule has 5 nitrogen and oxygen atoms in total. The van der Waals surface area contributed by atoms with E-state index in [1.165, 1.54) is 0 Å². The predicted octanol–water partition coefficient (Wildman–Crippen LogP) is 5.01. The summed E-state index contributed by atoms with van der Waals surface area (Å²) in [5.41, 5.74) is 3.19. The number of hydrogen-bond donors (Lipinski definition) is 3. The van der Waals surface area contributed by atoms with Gasteiger partial charge in [0.2, 0.25) is 0 Å². The third-order valence-electron chi connectivity index (χ3n) is 4.28. The van der Waals surface area contributed by atoms with Crippen molar-refractivity contribution in [3.8, 4) is 5.75 Å². The topological polar surface area (TPSA) is 70.6 Å². The van der Waals surface area contributed by atoms with E-state index >= 15 is 0 Å². The Bertz CT molecular complexity index is 991. The van der Waals surface area contributed by atoms with Crippen LogP contribution in [0.15, 0.2) is 66.7 Å². The molecule has 6 heteroatoms. The number of anilines is 2. The Morgan fingerprint density at radius 1 is 1.07 bits per heavy atom. The van der Waals surface area contributed by atoms with Crippen LogP contribution in [0.1, 0.15) is 27.7 Å². The van der Waals surface area contributed by atoms with Crippen LogP contribution in [-0.2, 0) is 0 Å². The zero-order valence-corrected chi connectivity index (χ0v) is 16.3. The van der Waals surface area contributed by atoms with Gasteiger partial charge in [-0.3, -0.25) is 4.79 Å². The number of aliphatic hydroxyl groups excluding tert-OH is 1. The van der Waals surface area contributed by atoms with Gasteiger partial charge in [0.1, 0.15) is 5.75 Å². The molecule has 0 saturated heterocycles. The molecule has 0 aliphatic heterocycles. The van der Waals surface area contributed by atoms with Crippen LogP contribution in [0.25, 0.3) is 0 Å². The molecule has 0 saturated carbocycles. The van der Waals surface area contributed by atoms with Crippen molar-refractivity contribution < 1.29 is 14.6 Å². The van der Waals surface area contributed by atoms with Crippen molar-refractivity contribution in [1.82, 2.24) is 0 Å². The third-order valence-corrected chi connectivity index (χ3v) is 4.70. The molecule has 0 spiro atoms. The fraction of sp³-hybridized carbons (Fsp3) is 0.136. The molecular weight excluding hydrogens is 376 g/mol. The van der Waals surface area contributed by atoms with Gasteiger partial charge in [0.25, 0.3) is 5.91 Å². The third kappa shape index (κ3) is 4.63. The standard InChI is InChI=1S/C22H21ClN2O3/c1-14-12-17(10-11-18(14)23)24-21(26)15-6-5-7-16(13-15)22(27)25-19-8-3-4-9-20(19)28-2/h3-13,22,25,27H,1-2H3,(H,24,26). The Kier molecular flexibility index (Phi) is 6.19. The molecule has 0 heterocycles. The monoisotopic (exact) mass is 396 g/mol. The molecule has 0 aliphatic carbocycles. The lowest BCUT2D eigenvalue weighted by atomic mass is 10.1. The smallest absolute Gasteiger partial charge is 0.255 e. The molecular formula is C22H21ClN2O3. The van der Waals surface area contributed by atoms with Crippen LogP contribution in [-0.4, -0.2) is 18.1 Å². The molecule has 0 radical (unpaired) electrons. The van der Waals surface area contributed by atoms with Crippen LogP contribution in [0, 0.1) is 6.92 Å². The van der Waals surface area contributed by atoms with E-state index in [1.807, 2.05) is 31.2 Å². The Balaban J connectivity index is 1.75. The number of rotatable bonds is 6. The van der Waals surface area contributed by atoms with E-state index < -0.39 is 6.23 Å². The van der Waals surface area contributed by atoms with Crippen molar-refractivity contribution in [1.29, 1.82) is 0 Å². The van der Waals surface area contributed by atoms with Gasteiger partial charge in [0.05, 0.1) is 12.8 Å². The minimum atomic E-state index is -0.998. The molecule has 3 rings (SSSR count). The van der Waals surface area contributed by atoms with Gasteiger partial charge in [0, 0.05) is 21.8 Å². The number of aliphatic hydroxyl groups is 1. The van der Waals surface area contributed by atoms with Gasteiger partial charge >= 0.3 is 0 Å². The molecule has 0 bridgehead atoms. The highest BCUT2D eigenvalue weighted by molar-refractivity contribution is 6.31. The normalized spacial score (nSPS) is 11.6. The van der Waals surface area contributed by atoms with E-state index in [0.717, 1.165) is 5.56 Å². The molecule has 0 aromatic heterocycles. The molecule has 0 fully saturated rings. The van der Waals surface area contributed by atoms with Crippen LogP contribution < -0.4 is 15.4 Å². The number of amides is 1. The summed E-state index contributed by atoms with van der Waals surface area (Å²) in [6, 6.07) is 19.4. The Hall–Kier alpha value is -3.02. The van der Waals surface area contributed by atoms with E-state index in [0.29, 0.717) is 33.3 Å². The van der Waals surface area contributed by atoms with Crippen LogP contribution >= 0.6 is 11.6 Å². The molecule has 28 heavy (non-hydrogen) atoms. The SMILES string of the molecule is COc1ccccc1NC(O)c1cccc(C(=O)Nc2ccc(Cl)c(C)c2)c1. The van der Waals surface area contributed by atoms with Crippen LogP contribution in [0.5, 0.6) is 5.75 Å². The lowest BCUT2D eigenvalue weighted by Crippen LogP contribution is -2.14. The summed E-state index contributed by atoms with van der Waals surface area (Å²) in [4.78, 5) is 12.6. The molecule has 0 aliphatic rings. The molecule has 3 aromatic rings. The first-order chi connectivity index (χ1) is 13.5. The van der Waals surface area contributed by atoms with Crippen molar-refractivity contribution in [3.63, 3.8) is 0 Å². The summed E-state index contributed by atoms with van der Waals surface area (Å²) in [6.45, 7) is 1.87. The average Bonchev–Trinajstić information content (AvgIpc) is 2.71. The van der Waals surface area contributed by atoms with Crippen molar-refractivity contribution in [2.75, 3.05) is 17.7 Å². The second-order valence-electron chi connectivity index (χ2n) is 6.29. The predicted molar refractivity (Wildman–Crippen MR) is 112 cm³/mol. The van der Waals surface area contributed by atoms with Crippen molar-refractivity contribution in [2.24, 2.45) is 0 Å². The maximum absolute atomic E-state index is 12.6. The van der Waals surface area contributed by atoms with Crippen molar-refractivity contribution in [3.05, 3.63) is 88.4 Å². The summed E-state index contributed by atoms with van der Waals surface area (Å²) >= 11 is 6.02. The lowest BCUT2D eigenvalue weighted by Gasteiger charge is -2.17. The first-order valence-corrected chi connectivity index (χ1v) is 9.11. The number of hydrogen-bond acceptors (Lipinski definition) is 4. The summed E-state index contributed by atoms with van der Waals surface area (Å²) in [7, 11) is 1.57. The highest BCUT2D eigenvalue weighted by Crippen LogP contribution is 2.27. The van der Waals surface area contributed by atoms with Gasteiger partial charge < -0.3 is 20.5 Å². The van der Waals surface area contributed by atoms with E-state index in [9.17, 15) is 9.90 Å². The van der Waals surface area contributed by atoms with Gasteiger partial charge in [-0.05, 0) is 55.0 Å². The summed E-state index contributed by atoms with van der Waals surface area (Å²) in [5.74, 6) is 0.349. The maximum atomic E-state index is 12.6. The molecule has 3 aromatic carbocycles. The van der Waals surface area contributed by atoms with E-state index in [1.54, 1.807) is 49.6 Å². The van der Waals surface area contributed by atoms with Crippen LogP contribution in [0.4, 0.5) is 11.4 Å². The fourth-order valence-corrected chi connectivity index (χ4v) is 2.89. The first-order valence-electron chi connectivity index (χ1n) is 8.73. The van der Waals surface area contributed by atoms with Crippen LogP contribution in [0.3, 0.4) is 0 Å². The van der Waals surface area contributed by atoms with Crippen molar-refractivity contribution in [2.45, 2.75) is 13.2 Å². The zero-order valence-electron chi connectivity index (χ0n) is 15.6. The molecule has 144 valence electrons. The van der Waals surface area contributed by atoms with Gasteiger partial charge in [-0.2, -0.15) is 0 Å². The van der Waals surface area contributed by atoms with Gasteiger partial charge in [-0.15, -0.1) is 0 Å². The number of carbonyl (C=O) groups is 1. The zero-order chi connectivity index (χ0) is 20.1. The summed E-state index contributed by atoms with van der Waals surface area (Å²) in [6.07, 6.45) is -0.998. The highest BCUT2D eigenvalue weighted by Gasteiger charge is 2.13. The highest BCUT2D eigenvalue weighted by atomic mass is 35.5. The quantitative estimate of drug-likeness (QED) is 0.512. The number of aryl methyl sites for hydroxylation is 1. The molecule has 1 amide bonds. The minimum Gasteiger partial charge on any atom is -0.495 e. The molecule has 3 N–H and O–H groups in total. The number of ether oxygens (including phenoxy) is 1. The Labute approximate surface area is 168 Å². The molecule has 1 atom stereocenters. The lowest BCUT2D eigenvalue weighted by molar-refractivity contribution is 0.102. The molecule has 1 unspecified atom stereocenters. The Morgan fingerprint density at radius 2 is 1.86 bits per heavy atom.